The molecule has 4 aliphatic carbocycles. The minimum absolute atomic E-state index is 0.107. The molecule has 4 aliphatic rings. The van der Waals surface area contributed by atoms with Crippen molar-refractivity contribution >= 4 is 5.91 Å². The SMILES string of the molecule is COC1C2CC3(c4ccccc4)CC1C(C(N)=O)(C2)C3. The number of rotatable bonds is 3. The molecule has 1 amide bonds. The van der Waals surface area contributed by atoms with Crippen molar-refractivity contribution in [2.24, 2.45) is 23.0 Å². The van der Waals surface area contributed by atoms with E-state index >= 15 is 0 Å². The summed E-state index contributed by atoms with van der Waals surface area (Å²) in [5.41, 5.74) is 7.03. The fourth-order valence-corrected chi connectivity index (χ4v) is 5.69. The summed E-state index contributed by atoms with van der Waals surface area (Å²) in [6.45, 7) is 0. The number of benzene rings is 1. The quantitative estimate of drug-likeness (QED) is 0.916. The Hall–Kier alpha value is -1.35. The van der Waals surface area contributed by atoms with E-state index in [-0.39, 0.29) is 22.8 Å². The molecule has 2 N–H and O–H groups in total. The zero-order valence-corrected chi connectivity index (χ0v) is 11.8. The van der Waals surface area contributed by atoms with E-state index in [0.717, 1.165) is 25.7 Å². The summed E-state index contributed by atoms with van der Waals surface area (Å²) in [6.07, 6.45) is 4.26. The Morgan fingerprint density at radius 2 is 2.00 bits per heavy atom. The molecule has 3 nitrogen and oxygen atoms in total. The fraction of sp³-hybridized carbons (Fsp3) is 0.588. The number of ether oxygens (including phenoxy) is 1. The van der Waals surface area contributed by atoms with Gasteiger partial charge in [0.25, 0.3) is 0 Å². The Morgan fingerprint density at radius 3 is 2.65 bits per heavy atom. The number of hydrogen-bond acceptors (Lipinski definition) is 2. The molecular formula is C17H21NO2. The van der Waals surface area contributed by atoms with Crippen LogP contribution in [0.2, 0.25) is 0 Å². The van der Waals surface area contributed by atoms with Crippen molar-refractivity contribution < 1.29 is 9.53 Å². The minimum atomic E-state index is -0.320. The Bertz CT molecular complexity index is 557. The van der Waals surface area contributed by atoms with Crippen LogP contribution in [-0.2, 0) is 14.9 Å². The van der Waals surface area contributed by atoms with E-state index < -0.39 is 0 Å². The molecule has 0 spiro atoms. The van der Waals surface area contributed by atoms with Gasteiger partial charge in [0.05, 0.1) is 11.5 Å². The highest BCUT2D eigenvalue weighted by atomic mass is 16.5. The number of carbonyl (C=O) groups is 1. The van der Waals surface area contributed by atoms with E-state index in [4.69, 9.17) is 10.5 Å². The molecule has 0 saturated heterocycles. The second-order valence-corrected chi connectivity index (χ2v) is 7.02. The highest BCUT2D eigenvalue weighted by Gasteiger charge is 2.70. The fourth-order valence-electron chi connectivity index (χ4n) is 5.69. The molecule has 5 atom stereocenters. The first kappa shape index (κ1) is 12.4. The van der Waals surface area contributed by atoms with Gasteiger partial charge in [-0.3, -0.25) is 4.79 Å². The average Bonchev–Trinajstić information content (AvgIpc) is 2.83. The molecule has 0 heterocycles. The second-order valence-electron chi connectivity index (χ2n) is 7.02. The lowest BCUT2D eigenvalue weighted by atomic mass is 9.63. The third-order valence-corrected chi connectivity index (χ3v) is 6.26. The molecule has 1 aromatic rings. The first-order chi connectivity index (χ1) is 9.61. The van der Waals surface area contributed by atoms with Crippen molar-refractivity contribution in [1.29, 1.82) is 0 Å². The first-order valence-electron chi connectivity index (χ1n) is 7.50. The van der Waals surface area contributed by atoms with Crippen molar-refractivity contribution in [2.45, 2.75) is 37.2 Å². The van der Waals surface area contributed by atoms with Crippen LogP contribution in [0.15, 0.2) is 30.3 Å². The number of methoxy groups -OCH3 is 1. The zero-order valence-electron chi connectivity index (χ0n) is 11.8. The molecule has 4 saturated carbocycles. The molecule has 4 bridgehead atoms. The Balaban J connectivity index is 1.81. The number of carbonyl (C=O) groups excluding carboxylic acids is 1. The molecule has 5 unspecified atom stereocenters. The lowest BCUT2D eigenvalue weighted by Crippen LogP contribution is -2.41. The van der Waals surface area contributed by atoms with Gasteiger partial charge in [0.15, 0.2) is 0 Å². The predicted octanol–water partition coefficient (Wildman–Crippen LogP) is 2.24. The molecular weight excluding hydrogens is 250 g/mol. The van der Waals surface area contributed by atoms with Crippen LogP contribution in [0, 0.1) is 17.3 Å². The summed E-state index contributed by atoms with van der Waals surface area (Å²) >= 11 is 0. The zero-order chi connectivity index (χ0) is 14.0. The van der Waals surface area contributed by atoms with Gasteiger partial charge in [0.1, 0.15) is 0 Å². The van der Waals surface area contributed by atoms with Crippen LogP contribution in [0.25, 0.3) is 0 Å². The van der Waals surface area contributed by atoms with Gasteiger partial charge in [-0.05, 0) is 42.6 Å². The van der Waals surface area contributed by atoms with Gasteiger partial charge in [0, 0.05) is 13.0 Å². The van der Waals surface area contributed by atoms with Gasteiger partial charge < -0.3 is 10.5 Å². The highest BCUT2D eigenvalue weighted by Crippen LogP contribution is 2.71. The maximum atomic E-state index is 12.2. The summed E-state index contributed by atoms with van der Waals surface area (Å²) in [5.74, 6) is 0.689. The van der Waals surface area contributed by atoms with Gasteiger partial charge in [-0.25, -0.2) is 0 Å². The number of hydrogen-bond donors (Lipinski definition) is 1. The molecule has 1 aromatic carbocycles. The van der Waals surface area contributed by atoms with Gasteiger partial charge in [-0.1, -0.05) is 30.3 Å². The molecule has 20 heavy (non-hydrogen) atoms. The van der Waals surface area contributed by atoms with Gasteiger partial charge in [-0.15, -0.1) is 0 Å². The Labute approximate surface area is 119 Å². The molecule has 4 fully saturated rings. The minimum Gasteiger partial charge on any atom is -0.381 e. The average molecular weight is 271 g/mol. The van der Waals surface area contributed by atoms with E-state index in [0.29, 0.717) is 11.8 Å². The lowest BCUT2D eigenvalue weighted by molar-refractivity contribution is -0.130. The smallest absolute Gasteiger partial charge is 0.224 e. The van der Waals surface area contributed by atoms with Gasteiger partial charge in [-0.2, -0.15) is 0 Å². The number of amides is 1. The van der Waals surface area contributed by atoms with E-state index in [2.05, 4.69) is 30.3 Å². The molecule has 0 aromatic heterocycles. The molecule has 5 rings (SSSR count). The van der Waals surface area contributed by atoms with E-state index in [1.807, 2.05) is 0 Å². The van der Waals surface area contributed by atoms with E-state index in [1.54, 1.807) is 7.11 Å². The van der Waals surface area contributed by atoms with Crippen LogP contribution < -0.4 is 5.73 Å². The normalized spacial score (nSPS) is 45.0. The highest BCUT2D eigenvalue weighted by molar-refractivity contribution is 5.83. The van der Waals surface area contributed by atoms with Gasteiger partial charge >= 0.3 is 0 Å². The van der Waals surface area contributed by atoms with Crippen molar-refractivity contribution in [3.8, 4) is 0 Å². The summed E-state index contributed by atoms with van der Waals surface area (Å²) in [4.78, 5) is 12.2. The summed E-state index contributed by atoms with van der Waals surface area (Å²) < 4.78 is 5.72. The van der Waals surface area contributed by atoms with E-state index in [1.165, 1.54) is 5.56 Å². The van der Waals surface area contributed by atoms with Crippen LogP contribution in [-0.4, -0.2) is 19.1 Å². The largest absolute Gasteiger partial charge is 0.381 e. The van der Waals surface area contributed by atoms with Crippen LogP contribution >= 0.6 is 0 Å². The summed E-state index contributed by atoms with van der Waals surface area (Å²) in [6, 6.07) is 10.7. The first-order valence-corrected chi connectivity index (χ1v) is 7.50. The topological polar surface area (TPSA) is 52.3 Å². The Morgan fingerprint density at radius 1 is 1.25 bits per heavy atom. The second kappa shape index (κ2) is 3.85. The van der Waals surface area contributed by atoms with Crippen LogP contribution in [0.3, 0.4) is 0 Å². The number of primary amides is 1. The van der Waals surface area contributed by atoms with Crippen LogP contribution in [0.4, 0.5) is 0 Å². The maximum Gasteiger partial charge on any atom is 0.224 e. The van der Waals surface area contributed by atoms with E-state index in [9.17, 15) is 4.79 Å². The predicted molar refractivity (Wildman–Crippen MR) is 76.0 cm³/mol. The molecule has 0 radical (unpaired) electrons. The standard InChI is InChI=1S/C17H21NO2/c1-20-14-11-7-16(12-5-3-2-4-6-12)9-13(14)17(8-11,10-16)15(18)19/h2-6,11,13-14H,7-10H2,1H3,(H2,18,19). The maximum absolute atomic E-state index is 12.2. The molecule has 0 aliphatic heterocycles. The third kappa shape index (κ3) is 1.32. The van der Waals surface area contributed by atoms with Crippen molar-refractivity contribution in [3.63, 3.8) is 0 Å². The monoisotopic (exact) mass is 271 g/mol. The Kier molecular flexibility index (Phi) is 2.39. The molecule has 3 heteroatoms. The van der Waals surface area contributed by atoms with Crippen molar-refractivity contribution in [3.05, 3.63) is 35.9 Å². The van der Waals surface area contributed by atoms with Gasteiger partial charge in [0.2, 0.25) is 5.91 Å². The van der Waals surface area contributed by atoms with Crippen LogP contribution in [0.1, 0.15) is 31.2 Å². The third-order valence-electron chi connectivity index (χ3n) is 6.26. The summed E-state index contributed by atoms with van der Waals surface area (Å²) in [5, 5.41) is 0. The number of nitrogens with two attached hydrogens (primary N) is 1. The molecule has 106 valence electrons. The van der Waals surface area contributed by atoms with Crippen molar-refractivity contribution in [2.75, 3.05) is 7.11 Å². The van der Waals surface area contributed by atoms with Crippen molar-refractivity contribution in [1.82, 2.24) is 0 Å². The lowest BCUT2D eigenvalue weighted by Gasteiger charge is -2.42. The van der Waals surface area contributed by atoms with Crippen LogP contribution in [0.5, 0.6) is 0 Å². The summed E-state index contributed by atoms with van der Waals surface area (Å²) in [7, 11) is 1.78.